The fourth-order valence-corrected chi connectivity index (χ4v) is 1.57. The number of nitrogens with one attached hydrogen (secondary N) is 1. The molecule has 1 aromatic carbocycles. The summed E-state index contributed by atoms with van der Waals surface area (Å²) in [6.07, 6.45) is 1.19. The molecule has 1 rings (SSSR count). The van der Waals surface area contributed by atoms with Gasteiger partial charge in [0.1, 0.15) is 5.75 Å². The third-order valence-electron chi connectivity index (χ3n) is 2.53. The summed E-state index contributed by atoms with van der Waals surface area (Å²) < 4.78 is 11.2. The first kappa shape index (κ1) is 15.0. The number of ether oxygens (including phenoxy) is 2. The van der Waals surface area contributed by atoms with Gasteiger partial charge in [0, 0.05) is 0 Å². The van der Waals surface area contributed by atoms with Crippen molar-refractivity contribution < 1.29 is 9.47 Å². The summed E-state index contributed by atoms with van der Waals surface area (Å²) >= 11 is 0. The zero-order chi connectivity index (χ0) is 13.4. The van der Waals surface area contributed by atoms with Gasteiger partial charge in [-0.1, -0.05) is 19.1 Å². The first-order valence-electron chi connectivity index (χ1n) is 6.47. The van der Waals surface area contributed by atoms with E-state index >= 15 is 0 Å². The molecule has 0 aliphatic carbocycles. The molecule has 18 heavy (non-hydrogen) atoms. The van der Waals surface area contributed by atoms with Gasteiger partial charge in [-0.25, -0.2) is 0 Å². The third kappa shape index (κ3) is 5.04. The summed E-state index contributed by atoms with van der Waals surface area (Å²) in [5.74, 6) is 6.44. The van der Waals surface area contributed by atoms with E-state index in [2.05, 4.69) is 12.3 Å². The smallest absolute Gasteiger partial charge is 0.119 e. The first-order valence-corrected chi connectivity index (χ1v) is 6.47. The van der Waals surface area contributed by atoms with Crippen molar-refractivity contribution in [3.63, 3.8) is 0 Å². The highest BCUT2D eigenvalue weighted by Crippen LogP contribution is 2.19. The van der Waals surface area contributed by atoms with Crippen molar-refractivity contribution in [1.82, 2.24) is 5.43 Å². The van der Waals surface area contributed by atoms with E-state index in [1.165, 1.54) is 0 Å². The summed E-state index contributed by atoms with van der Waals surface area (Å²) in [7, 11) is 0. The largest absolute Gasteiger partial charge is 0.494 e. The lowest BCUT2D eigenvalue weighted by Gasteiger charge is -2.19. The Bertz CT molecular complexity index is 342. The molecule has 0 spiro atoms. The molecule has 1 aromatic rings. The predicted octanol–water partition coefficient (Wildman–Crippen LogP) is 2.40. The average Bonchev–Trinajstić information content (AvgIpc) is 2.37. The van der Waals surface area contributed by atoms with Gasteiger partial charge in [-0.2, -0.15) is 0 Å². The summed E-state index contributed by atoms with van der Waals surface area (Å²) in [5.41, 5.74) is 3.85. The van der Waals surface area contributed by atoms with Gasteiger partial charge in [-0.05, 0) is 38.0 Å². The summed E-state index contributed by atoms with van der Waals surface area (Å²) in [4.78, 5) is 0. The van der Waals surface area contributed by atoms with Crippen LogP contribution in [0.2, 0.25) is 0 Å². The lowest BCUT2D eigenvalue weighted by atomic mass is 10.1. The van der Waals surface area contributed by atoms with Crippen LogP contribution in [0.1, 0.15) is 38.8 Å². The SMILES string of the molecule is CCCOc1cccc(C(COC(C)C)NN)c1. The first-order chi connectivity index (χ1) is 8.67. The van der Waals surface area contributed by atoms with Crippen LogP contribution in [-0.2, 0) is 4.74 Å². The maximum atomic E-state index is 5.61. The molecular formula is C14H24N2O2. The molecule has 4 heteroatoms. The zero-order valence-corrected chi connectivity index (χ0v) is 11.5. The zero-order valence-electron chi connectivity index (χ0n) is 11.5. The molecule has 1 unspecified atom stereocenters. The highest BCUT2D eigenvalue weighted by atomic mass is 16.5. The Balaban J connectivity index is 2.66. The standard InChI is InChI=1S/C14H24N2O2/c1-4-8-17-13-7-5-6-12(9-13)14(16-15)10-18-11(2)3/h5-7,9,11,14,16H,4,8,10,15H2,1-3H3. The minimum atomic E-state index is -0.0161. The molecule has 0 amide bonds. The van der Waals surface area contributed by atoms with E-state index < -0.39 is 0 Å². The van der Waals surface area contributed by atoms with Crippen molar-refractivity contribution in [1.29, 1.82) is 0 Å². The van der Waals surface area contributed by atoms with Crippen LogP contribution in [0.4, 0.5) is 0 Å². The fraction of sp³-hybridized carbons (Fsp3) is 0.571. The van der Waals surface area contributed by atoms with E-state index in [9.17, 15) is 0 Å². The Hall–Kier alpha value is -1.10. The van der Waals surface area contributed by atoms with Crippen molar-refractivity contribution in [2.75, 3.05) is 13.2 Å². The van der Waals surface area contributed by atoms with Gasteiger partial charge >= 0.3 is 0 Å². The average molecular weight is 252 g/mol. The van der Waals surface area contributed by atoms with Crippen molar-refractivity contribution >= 4 is 0 Å². The Labute approximate surface area is 109 Å². The van der Waals surface area contributed by atoms with Crippen LogP contribution in [0.15, 0.2) is 24.3 Å². The lowest BCUT2D eigenvalue weighted by Crippen LogP contribution is -2.32. The molecule has 0 aliphatic heterocycles. The Morgan fingerprint density at radius 3 is 2.72 bits per heavy atom. The molecule has 0 fully saturated rings. The van der Waals surface area contributed by atoms with Crippen molar-refractivity contribution in [3.8, 4) is 5.75 Å². The molecule has 0 aliphatic rings. The summed E-state index contributed by atoms with van der Waals surface area (Å²) in [6.45, 7) is 7.38. The van der Waals surface area contributed by atoms with Gasteiger partial charge in [0.05, 0.1) is 25.4 Å². The molecular weight excluding hydrogens is 228 g/mol. The maximum Gasteiger partial charge on any atom is 0.119 e. The Kier molecular flexibility index (Phi) is 6.72. The second kappa shape index (κ2) is 8.08. The normalized spacial score (nSPS) is 12.7. The van der Waals surface area contributed by atoms with E-state index in [1.54, 1.807) is 0 Å². The summed E-state index contributed by atoms with van der Waals surface area (Å²) in [5, 5.41) is 0. The van der Waals surface area contributed by atoms with E-state index in [0.717, 1.165) is 24.3 Å². The molecule has 0 bridgehead atoms. The second-order valence-corrected chi connectivity index (χ2v) is 4.52. The van der Waals surface area contributed by atoms with Gasteiger partial charge in [-0.15, -0.1) is 0 Å². The Morgan fingerprint density at radius 1 is 1.33 bits per heavy atom. The van der Waals surface area contributed by atoms with Crippen LogP contribution in [0.25, 0.3) is 0 Å². The highest BCUT2D eigenvalue weighted by molar-refractivity contribution is 5.30. The van der Waals surface area contributed by atoms with Crippen LogP contribution in [-0.4, -0.2) is 19.3 Å². The van der Waals surface area contributed by atoms with Gasteiger partial charge in [0.15, 0.2) is 0 Å². The van der Waals surface area contributed by atoms with Gasteiger partial charge in [-0.3, -0.25) is 11.3 Å². The van der Waals surface area contributed by atoms with Gasteiger partial charge in [0.25, 0.3) is 0 Å². The topological polar surface area (TPSA) is 56.5 Å². The molecule has 0 saturated heterocycles. The number of hydrogen-bond acceptors (Lipinski definition) is 4. The van der Waals surface area contributed by atoms with E-state index in [0.29, 0.717) is 6.61 Å². The molecule has 0 heterocycles. The van der Waals surface area contributed by atoms with E-state index in [4.69, 9.17) is 15.3 Å². The fourth-order valence-electron chi connectivity index (χ4n) is 1.57. The molecule has 1 atom stereocenters. The third-order valence-corrected chi connectivity index (χ3v) is 2.53. The lowest BCUT2D eigenvalue weighted by molar-refractivity contribution is 0.0611. The van der Waals surface area contributed by atoms with E-state index in [1.807, 2.05) is 38.1 Å². The predicted molar refractivity (Wildman–Crippen MR) is 73.4 cm³/mol. The maximum absolute atomic E-state index is 5.61. The van der Waals surface area contributed by atoms with Gasteiger partial charge < -0.3 is 9.47 Å². The number of rotatable bonds is 8. The molecule has 4 nitrogen and oxygen atoms in total. The van der Waals surface area contributed by atoms with Crippen molar-refractivity contribution in [2.24, 2.45) is 5.84 Å². The molecule has 0 radical (unpaired) electrons. The van der Waals surface area contributed by atoms with Crippen LogP contribution in [0, 0.1) is 0 Å². The second-order valence-electron chi connectivity index (χ2n) is 4.52. The highest BCUT2D eigenvalue weighted by Gasteiger charge is 2.11. The van der Waals surface area contributed by atoms with Crippen LogP contribution >= 0.6 is 0 Å². The van der Waals surface area contributed by atoms with Crippen molar-refractivity contribution in [2.45, 2.75) is 39.3 Å². The molecule has 3 N–H and O–H groups in total. The van der Waals surface area contributed by atoms with Crippen LogP contribution < -0.4 is 16.0 Å². The minimum absolute atomic E-state index is 0.0161. The number of nitrogens with two attached hydrogens (primary N) is 1. The number of hydrazine groups is 1. The molecule has 102 valence electrons. The number of hydrogen-bond donors (Lipinski definition) is 2. The van der Waals surface area contributed by atoms with Crippen molar-refractivity contribution in [3.05, 3.63) is 29.8 Å². The van der Waals surface area contributed by atoms with Crippen LogP contribution in [0.3, 0.4) is 0 Å². The molecule has 0 saturated carbocycles. The summed E-state index contributed by atoms with van der Waals surface area (Å²) in [6, 6.07) is 7.94. The van der Waals surface area contributed by atoms with E-state index in [-0.39, 0.29) is 12.1 Å². The Morgan fingerprint density at radius 2 is 2.11 bits per heavy atom. The van der Waals surface area contributed by atoms with Gasteiger partial charge in [0.2, 0.25) is 0 Å². The number of benzene rings is 1. The quantitative estimate of drug-likeness (QED) is 0.551. The minimum Gasteiger partial charge on any atom is -0.494 e. The monoisotopic (exact) mass is 252 g/mol. The van der Waals surface area contributed by atoms with Crippen LogP contribution in [0.5, 0.6) is 5.75 Å². The molecule has 0 aromatic heterocycles.